The number of methoxy groups -OCH3 is 1. The van der Waals surface area contributed by atoms with Gasteiger partial charge >= 0.3 is 0 Å². The molecule has 6 aromatic rings. The molecule has 4 aromatic carbocycles. The van der Waals surface area contributed by atoms with E-state index in [4.69, 9.17) is 9.15 Å². The van der Waals surface area contributed by atoms with Crippen LogP contribution in [-0.2, 0) is 0 Å². The summed E-state index contributed by atoms with van der Waals surface area (Å²) in [6.45, 7) is 0. The lowest BCUT2D eigenvalue weighted by atomic mass is 10.1. The van der Waals surface area contributed by atoms with Crippen molar-refractivity contribution >= 4 is 43.7 Å². The second-order valence-electron chi connectivity index (χ2n) is 6.99. The summed E-state index contributed by atoms with van der Waals surface area (Å²) in [5, 5.41) is 4.71. The fraction of sp³-hybridized carbons (Fsp3) is 0.0400. The minimum absolute atomic E-state index is 0.800. The van der Waals surface area contributed by atoms with E-state index in [1.54, 1.807) is 7.11 Å². The fourth-order valence-corrected chi connectivity index (χ4v) is 4.29. The molecule has 0 saturated carbocycles. The molecular formula is C25H17NO2. The number of para-hydroxylation sites is 2. The molecule has 28 heavy (non-hydrogen) atoms. The largest absolute Gasteiger partial charge is 0.497 e. The van der Waals surface area contributed by atoms with Crippen LogP contribution >= 0.6 is 0 Å². The monoisotopic (exact) mass is 363 g/mol. The first kappa shape index (κ1) is 15.3. The zero-order valence-corrected chi connectivity index (χ0v) is 15.3. The zero-order valence-electron chi connectivity index (χ0n) is 15.3. The Bertz CT molecular complexity index is 1490. The Balaban J connectivity index is 1.85. The number of aromatic nitrogens is 1. The molecule has 0 atom stereocenters. The first-order valence-electron chi connectivity index (χ1n) is 9.33. The van der Waals surface area contributed by atoms with Gasteiger partial charge in [-0.25, -0.2) is 0 Å². The van der Waals surface area contributed by atoms with Crippen LogP contribution in [0.2, 0.25) is 0 Å². The predicted molar refractivity (Wildman–Crippen MR) is 115 cm³/mol. The highest BCUT2D eigenvalue weighted by Crippen LogP contribution is 2.41. The van der Waals surface area contributed by atoms with Crippen LogP contribution < -0.4 is 4.74 Å². The average Bonchev–Trinajstić information content (AvgIpc) is 3.28. The van der Waals surface area contributed by atoms with Crippen LogP contribution in [0.1, 0.15) is 0 Å². The van der Waals surface area contributed by atoms with E-state index >= 15 is 0 Å². The Morgan fingerprint density at radius 1 is 0.679 bits per heavy atom. The molecule has 0 aliphatic carbocycles. The van der Waals surface area contributed by atoms with Gasteiger partial charge in [0.15, 0.2) is 0 Å². The van der Waals surface area contributed by atoms with E-state index in [2.05, 4.69) is 71.3 Å². The van der Waals surface area contributed by atoms with Gasteiger partial charge < -0.3 is 13.7 Å². The second-order valence-corrected chi connectivity index (χ2v) is 6.99. The maximum atomic E-state index is 6.18. The first-order valence-corrected chi connectivity index (χ1v) is 9.33. The van der Waals surface area contributed by atoms with E-state index in [1.807, 2.05) is 18.2 Å². The van der Waals surface area contributed by atoms with Crippen molar-refractivity contribution in [3.05, 3.63) is 84.9 Å². The molecule has 3 heteroatoms. The number of nitrogens with zero attached hydrogens (tertiary/aromatic N) is 1. The van der Waals surface area contributed by atoms with E-state index in [9.17, 15) is 0 Å². The highest BCUT2D eigenvalue weighted by molar-refractivity contribution is 6.27. The van der Waals surface area contributed by atoms with Gasteiger partial charge in [0.2, 0.25) is 0 Å². The van der Waals surface area contributed by atoms with E-state index in [0.717, 1.165) is 33.4 Å². The van der Waals surface area contributed by atoms with Crippen molar-refractivity contribution in [2.45, 2.75) is 0 Å². The molecule has 0 N–H and O–H groups in total. The number of hydrogen-bond donors (Lipinski definition) is 0. The summed E-state index contributed by atoms with van der Waals surface area (Å²) in [7, 11) is 1.68. The molecule has 3 nitrogen and oxygen atoms in total. The molecule has 0 aliphatic heterocycles. The minimum atomic E-state index is 0.800. The van der Waals surface area contributed by atoms with Gasteiger partial charge in [0, 0.05) is 33.3 Å². The SMILES string of the molecule is COc1ccc2c(c1)oc1ccc3c(c4ccccc4n3-c3ccccc3)c12. The van der Waals surface area contributed by atoms with Crippen LogP contribution in [0.5, 0.6) is 5.75 Å². The quantitative estimate of drug-likeness (QED) is 0.343. The Hall–Kier alpha value is -3.72. The van der Waals surface area contributed by atoms with E-state index in [1.165, 1.54) is 21.8 Å². The summed E-state index contributed by atoms with van der Waals surface area (Å²) in [5.41, 5.74) is 5.27. The van der Waals surface area contributed by atoms with Crippen LogP contribution in [0.4, 0.5) is 0 Å². The number of benzene rings is 4. The van der Waals surface area contributed by atoms with Gasteiger partial charge in [-0.15, -0.1) is 0 Å². The lowest BCUT2D eigenvalue weighted by Crippen LogP contribution is -1.92. The van der Waals surface area contributed by atoms with Gasteiger partial charge in [-0.3, -0.25) is 0 Å². The van der Waals surface area contributed by atoms with Crippen LogP contribution in [0.25, 0.3) is 49.4 Å². The van der Waals surface area contributed by atoms with Gasteiger partial charge in [0.1, 0.15) is 16.9 Å². The summed E-state index contributed by atoms with van der Waals surface area (Å²) in [4.78, 5) is 0. The lowest BCUT2D eigenvalue weighted by Gasteiger charge is -2.07. The third kappa shape index (κ3) is 1.99. The Labute approximate surface area is 161 Å². The lowest BCUT2D eigenvalue weighted by molar-refractivity contribution is 0.414. The Morgan fingerprint density at radius 3 is 2.36 bits per heavy atom. The highest BCUT2D eigenvalue weighted by atomic mass is 16.5. The van der Waals surface area contributed by atoms with Crippen molar-refractivity contribution in [1.29, 1.82) is 0 Å². The summed E-state index contributed by atoms with van der Waals surface area (Å²) in [6.07, 6.45) is 0. The molecule has 0 amide bonds. The molecule has 0 spiro atoms. The van der Waals surface area contributed by atoms with Crippen LogP contribution in [0.15, 0.2) is 89.3 Å². The zero-order chi connectivity index (χ0) is 18.7. The van der Waals surface area contributed by atoms with Crippen molar-refractivity contribution in [2.75, 3.05) is 7.11 Å². The van der Waals surface area contributed by atoms with Gasteiger partial charge in [-0.05, 0) is 42.5 Å². The van der Waals surface area contributed by atoms with Crippen molar-refractivity contribution in [3.8, 4) is 11.4 Å². The standard InChI is InChI=1S/C25H17NO2/c1-27-17-11-12-19-23(15-17)28-22-14-13-21-24(25(19)22)18-9-5-6-10-20(18)26(21)16-7-3-2-4-8-16/h2-15H,1H3. The van der Waals surface area contributed by atoms with Gasteiger partial charge in [-0.2, -0.15) is 0 Å². The van der Waals surface area contributed by atoms with Crippen molar-refractivity contribution in [3.63, 3.8) is 0 Å². The average molecular weight is 363 g/mol. The number of furan rings is 1. The number of hydrogen-bond acceptors (Lipinski definition) is 2. The third-order valence-electron chi connectivity index (χ3n) is 5.49. The van der Waals surface area contributed by atoms with Crippen molar-refractivity contribution < 1.29 is 9.15 Å². The minimum Gasteiger partial charge on any atom is -0.497 e. The van der Waals surface area contributed by atoms with Gasteiger partial charge in [0.05, 0.1) is 18.1 Å². The number of rotatable bonds is 2. The number of fused-ring (bicyclic) bond motifs is 7. The third-order valence-corrected chi connectivity index (χ3v) is 5.49. The fourth-order valence-electron chi connectivity index (χ4n) is 4.29. The Morgan fingerprint density at radius 2 is 1.50 bits per heavy atom. The number of ether oxygens (including phenoxy) is 1. The van der Waals surface area contributed by atoms with Crippen LogP contribution in [-0.4, -0.2) is 11.7 Å². The molecule has 6 rings (SSSR count). The molecule has 0 radical (unpaired) electrons. The molecule has 0 aliphatic rings. The van der Waals surface area contributed by atoms with Crippen molar-refractivity contribution in [1.82, 2.24) is 4.57 Å². The Kier molecular flexibility index (Phi) is 3.09. The molecule has 0 fully saturated rings. The molecular weight excluding hydrogens is 346 g/mol. The van der Waals surface area contributed by atoms with Crippen LogP contribution in [0.3, 0.4) is 0 Å². The summed E-state index contributed by atoms with van der Waals surface area (Å²) in [6, 6.07) is 29.3. The molecule has 0 bridgehead atoms. The van der Waals surface area contributed by atoms with E-state index < -0.39 is 0 Å². The molecule has 0 saturated heterocycles. The molecule has 134 valence electrons. The van der Waals surface area contributed by atoms with Gasteiger partial charge in [0.25, 0.3) is 0 Å². The maximum Gasteiger partial charge on any atom is 0.139 e. The topological polar surface area (TPSA) is 27.3 Å². The van der Waals surface area contributed by atoms with E-state index in [0.29, 0.717) is 0 Å². The predicted octanol–water partition coefficient (Wildman–Crippen LogP) is 6.69. The first-order chi connectivity index (χ1) is 13.8. The molecule has 2 heterocycles. The summed E-state index contributed by atoms with van der Waals surface area (Å²) < 4.78 is 13.9. The van der Waals surface area contributed by atoms with E-state index in [-0.39, 0.29) is 0 Å². The summed E-state index contributed by atoms with van der Waals surface area (Å²) in [5.74, 6) is 0.800. The molecule has 0 unspecified atom stereocenters. The molecule has 2 aromatic heterocycles. The normalized spacial score (nSPS) is 11.8. The van der Waals surface area contributed by atoms with Crippen molar-refractivity contribution in [2.24, 2.45) is 0 Å². The second kappa shape index (κ2) is 5.64. The van der Waals surface area contributed by atoms with Gasteiger partial charge in [-0.1, -0.05) is 36.4 Å². The summed E-state index contributed by atoms with van der Waals surface area (Å²) >= 11 is 0. The highest BCUT2D eigenvalue weighted by Gasteiger charge is 2.18. The van der Waals surface area contributed by atoms with Crippen LogP contribution in [0, 0.1) is 0 Å². The smallest absolute Gasteiger partial charge is 0.139 e. The maximum absolute atomic E-state index is 6.18.